The highest BCUT2D eigenvalue weighted by molar-refractivity contribution is 5.95. The third-order valence-electron chi connectivity index (χ3n) is 3.84. The van der Waals surface area contributed by atoms with E-state index in [4.69, 9.17) is 10.5 Å². The summed E-state index contributed by atoms with van der Waals surface area (Å²) in [6.07, 6.45) is 1.25. The summed E-state index contributed by atoms with van der Waals surface area (Å²) in [7, 11) is 0. The number of carbonyl (C=O) groups excluding carboxylic acids is 2. The summed E-state index contributed by atoms with van der Waals surface area (Å²) in [6, 6.07) is 7.51. The van der Waals surface area contributed by atoms with Gasteiger partial charge >= 0.3 is 0 Å². The zero-order chi connectivity index (χ0) is 17.3. The van der Waals surface area contributed by atoms with Crippen LogP contribution in [0.25, 0.3) is 0 Å². The molecule has 0 unspecified atom stereocenters. The Morgan fingerprint density at radius 1 is 1.29 bits per heavy atom. The van der Waals surface area contributed by atoms with Crippen LogP contribution in [0.4, 0.5) is 4.39 Å². The van der Waals surface area contributed by atoms with Crippen LogP contribution in [-0.2, 0) is 0 Å². The SMILES string of the molecule is Cc1ccc(C(=O)N2CC(Oc3ccnc(C(N)=O)c3)C2)cc1F. The van der Waals surface area contributed by atoms with Crippen LogP contribution in [0.1, 0.15) is 26.4 Å². The van der Waals surface area contributed by atoms with Gasteiger partial charge in [-0.15, -0.1) is 0 Å². The lowest BCUT2D eigenvalue weighted by Crippen LogP contribution is -2.56. The normalized spacial score (nSPS) is 14.2. The van der Waals surface area contributed by atoms with Crippen LogP contribution in [0.3, 0.4) is 0 Å². The largest absolute Gasteiger partial charge is 0.487 e. The number of aromatic nitrogens is 1. The molecular formula is C17H16FN3O3. The lowest BCUT2D eigenvalue weighted by Gasteiger charge is -2.39. The number of benzene rings is 1. The molecule has 0 spiro atoms. The topological polar surface area (TPSA) is 85.5 Å². The van der Waals surface area contributed by atoms with E-state index >= 15 is 0 Å². The van der Waals surface area contributed by atoms with E-state index < -0.39 is 11.7 Å². The molecule has 1 aliphatic rings. The van der Waals surface area contributed by atoms with E-state index in [0.717, 1.165) is 0 Å². The van der Waals surface area contributed by atoms with Gasteiger partial charge in [-0.05, 0) is 30.7 Å². The fourth-order valence-corrected chi connectivity index (χ4v) is 2.40. The minimum absolute atomic E-state index is 0.120. The zero-order valence-corrected chi connectivity index (χ0v) is 13.0. The Bertz CT molecular complexity index is 803. The summed E-state index contributed by atoms with van der Waals surface area (Å²) in [5.74, 6) is -0.796. The van der Waals surface area contributed by atoms with Gasteiger partial charge in [0.2, 0.25) is 0 Å². The smallest absolute Gasteiger partial charge is 0.267 e. The number of amides is 2. The number of hydrogen-bond acceptors (Lipinski definition) is 4. The van der Waals surface area contributed by atoms with E-state index in [1.54, 1.807) is 30.0 Å². The Morgan fingerprint density at radius 3 is 2.71 bits per heavy atom. The van der Waals surface area contributed by atoms with Gasteiger partial charge < -0.3 is 15.4 Å². The maximum Gasteiger partial charge on any atom is 0.267 e. The van der Waals surface area contributed by atoms with Gasteiger partial charge in [0.15, 0.2) is 0 Å². The summed E-state index contributed by atoms with van der Waals surface area (Å²) in [5.41, 5.74) is 6.10. The average molecular weight is 329 g/mol. The highest BCUT2D eigenvalue weighted by Gasteiger charge is 2.33. The maximum atomic E-state index is 13.6. The number of nitrogens with zero attached hydrogens (tertiary/aromatic N) is 2. The fraction of sp³-hybridized carbons (Fsp3) is 0.235. The zero-order valence-electron chi connectivity index (χ0n) is 13.0. The van der Waals surface area contributed by atoms with E-state index in [0.29, 0.717) is 30.0 Å². The van der Waals surface area contributed by atoms with Crippen LogP contribution in [0.2, 0.25) is 0 Å². The van der Waals surface area contributed by atoms with Crippen molar-refractivity contribution in [1.82, 2.24) is 9.88 Å². The lowest BCUT2D eigenvalue weighted by molar-refractivity contribution is 0.0177. The molecule has 0 saturated carbocycles. The fourth-order valence-electron chi connectivity index (χ4n) is 2.40. The van der Waals surface area contributed by atoms with Crippen molar-refractivity contribution >= 4 is 11.8 Å². The van der Waals surface area contributed by atoms with E-state index in [-0.39, 0.29) is 17.7 Å². The van der Waals surface area contributed by atoms with E-state index in [9.17, 15) is 14.0 Å². The van der Waals surface area contributed by atoms with Crippen LogP contribution in [0.15, 0.2) is 36.5 Å². The molecule has 1 aliphatic heterocycles. The van der Waals surface area contributed by atoms with Crippen LogP contribution in [0, 0.1) is 12.7 Å². The minimum atomic E-state index is -0.632. The Morgan fingerprint density at radius 2 is 2.04 bits per heavy atom. The van der Waals surface area contributed by atoms with Crippen molar-refractivity contribution in [2.75, 3.05) is 13.1 Å². The molecule has 124 valence electrons. The van der Waals surface area contributed by atoms with Crippen molar-refractivity contribution in [1.29, 1.82) is 0 Å². The monoisotopic (exact) mass is 329 g/mol. The summed E-state index contributed by atoms with van der Waals surface area (Å²) >= 11 is 0. The number of ether oxygens (including phenoxy) is 1. The molecule has 1 aromatic carbocycles. The molecule has 24 heavy (non-hydrogen) atoms. The summed E-state index contributed by atoms with van der Waals surface area (Å²) in [4.78, 5) is 28.8. The van der Waals surface area contributed by atoms with E-state index in [1.165, 1.54) is 18.3 Å². The van der Waals surface area contributed by atoms with Gasteiger partial charge in [-0.2, -0.15) is 0 Å². The Labute approximate surface area is 138 Å². The molecule has 0 radical (unpaired) electrons. The summed E-state index contributed by atoms with van der Waals surface area (Å²) in [6.45, 7) is 2.43. The lowest BCUT2D eigenvalue weighted by atomic mass is 10.1. The Balaban J connectivity index is 1.59. The molecule has 2 heterocycles. The van der Waals surface area contributed by atoms with Crippen molar-refractivity contribution in [3.8, 4) is 5.75 Å². The maximum absolute atomic E-state index is 13.6. The van der Waals surface area contributed by atoms with Crippen molar-refractivity contribution in [2.24, 2.45) is 5.73 Å². The Kier molecular flexibility index (Phi) is 4.16. The summed E-state index contributed by atoms with van der Waals surface area (Å²) < 4.78 is 19.2. The average Bonchev–Trinajstić information content (AvgIpc) is 2.52. The highest BCUT2D eigenvalue weighted by Crippen LogP contribution is 2.21. The first-order valence-corrected chi connectivity index (χ1v) is 7.42. The van der Waals surface area contributed by atoms with Crippen LogP contribution in [-0.4, -0.2) is 40.9 Å². The van der Waals surface area contributed by atoms with Gasteiger partial charge in [-0.25, -0.2) is 4.39 Å². The number of aryl methyl sites for hydroxylation is 1. The first-order chi connectivity index (χ1) is 11.4. The van der Waals surface area contributed by atoms with Crippen LogP contribution >= 0.6 is 0 Å². The second kappa shape index (κ2) is 6.27. The predicted octanol–water partition coefficient (Wildman–Crippen LogP) is 1.53. The van der Waals surface area contributed by atoms with Crippen molar-refractivity contribution in [3.05, 3.63) is 59.2 Å². The second-order valence-electron chi connectivity index (χ2n) is 5.65. The molecule has 7 heteroatoms. The third-order valence-corrected chi connectivity index (χ3v) is 3.84. The van der Waals surface area contributed by atoms with Crippen molar-refractivity contribution in [3.63, 3.8) is 0 Å². The standard InChI is InChI=1S/C17H16FN3O3/c1-10-2-3-11(6-14(10)18)17(23)21-8-13(9-21)24-12-4-5-20-15(7-12)16(19)22/h2-7,13H,8-9H2,1H3,(H2,19,22). The molecule has 2 N–H and O–H groups in total. The predicted molar refractivity (Wildman–Crippen MR) is 84.2 cm³/mol. The van der Waals surface area contributed by atoms with Gasteiger partial charge in [-0.3, -0.25) is 14.6 Å². The second-order valence-corrected chi connectivity index (χ2v) is 5.65. The first-order valence-electron chi connectivity index (χ1n) is 7.42. The molecule has 0 bridgehead atoms. The molecule has 2 aromatic rings. The first kappa shape index (κ1) is 15.9. The van der Waals surface area contributed by atoms with Crippen molar-refractivity contribution < 1.29 is 18.7 Å². The number of pyridine rings is 1. The number of carbonyl (C=O) groups is 2. The van der Waals surface area contributed by atoms with Gasteiger partial charge in [0.25, 0.3) is 11.8 Å². The molecule has 1 aromatic heterocycles. The number of hydrogen-bond donors (Lipinski definition) is 1. The molecule has 0 atom stereocenters. The summed E-state index contributed by atoms with van der Waals surface area (Å²) in [5, 5.41) is 0. The Hall–Kier alpha value is -2.96. The number of halogens is 1. The molecule has 1 saturated heterocycles. The van der Waals surface area contributed by atoms with E-state index in [1.807, 2.05) is 0 Å². The molecular weight excluding hydrogens is 313 g/mol. The van der Waals surface area contributed by atoms with E-state index in [2.05, 4.69) is 4.98 Å². The highest BCUT2D eigenvalue weighted by atomic mass is 19.1. The van der Waals surface area contributed by atoms with Gasteiger partial charge in [-0.1, -0.05) is 6.07 Å². The minimum Gasteiger partial charge on any atom is -0.487 e. The van der Waals surface area contributed by atoms with Crippen molar-refractivity contribution in [2.45, 2.75) is 13.0 Å². The number of primary amides is 1. The molecule has 1 fully saturated rings. The number of rotatable bonds is 4. The number of nitrogens with two attached hydrogens (primary N) is 1. The molecule has 6 nitrogen and oxygen atoms in total. The quantitative estimate of drug-likeness (QED) is 0.922. The number of likely N-dealkylation sites (tertiary alicyclic amines) is 1. The van der Waals surface area contributed by atoms with Gasteiger partial charge in [0.1, 0.15) is 23.4 Å². The molecule has 2 amide bonds. The van der Waals surface area contributed by atoms with Gasteiger partial charge in [0, 0.05) is 17.8 Å². The van der Waals surface area contributed by atoms with Gasteiger partial charge in [0.05, 0.1) is 13.1 Å². The molecule has 3 rings (SSSR count). The van der Waals surface area contributed by atoms with Crippen LogP contribution in [0.5, 0.6) is 5.75 Å². The third kappa shape index (κ3) is 3.19. The van der Waals surface area contributed by atoms with Crippen LogP contribution < -0.4 is 10.5 Å². The molecule has 0 aliphatic carbocycles.